The van der Waals surface area contributed by atoms with Crippen molar-refractivity contribution >= 4 is 11.9 Å². The van der Waals surface area contributed by atoms with Crippen molar-refractivity contribution in [2.24, 2.45) is 5.73 Å². The van der Waals surface area contributed by atoms with Crippen LogP contribution in [0, 0.1) is 11.8 Å². The maximum absolute atomic E-state index is 11.9. The molecule has 0 aliphatic carbocycles. The fourth-order valence-electron chi connectivity index (χ4n) is 1.50. The maximum atomic E-state index is 11.9. The van der Waals surface area contributed by atoms with Crippen molar-refractivity contribution in [3.8, 4) is 11.8 Å². The number of amides is 1. The Bertz CT molecular complexity index is 529. The van der Waals surface area contributed by atoms with E-state index in [2.05, 4.69) is 17.2 Å². The fraction of sp³-hybridized carbons (Fsp3) is 0.333. The van der Waals surface area contributed by atoms with Gasteiger partial charge in [-0.1, -0.05) is 17.9 Å². The molecule has 0 saturated carbocycles. The van der Waals surface area contributed by atoms with Crippen molar-refractivity contribution in [3.05, 3.63) is 35.4 Å². The van der Waals surface area contributed by atoms with Crippen LogP contribution in [0.5, 0.6) is 0 Å². The van der Waals surface area contributed by atoms with E-state index in [1.165, 1.54) is 0 Å². The molecule has 20 heavy (non-hydrogen) atoms. The van der Waals surface area contributed by atoms with E-state index in [1.54, 1.807) is 31.2 Å². The molecular formula is C15H18N2O3. The second-order valence-corrected chi connectivity index (χ2v) is 3.90. The Morgan fingerprint density at radius 2 is 2.20 bits per heavy atom. The van der Waals surface area contributed by atoms with Gasteiger partial charge in [0.2, 0.25) is 0 Å². The number of hydrogen-bond donors (Lipinski definition) is 2. The number of nitrogens with two attached hydrogens (primary N) is 1. The van der Waals surface area contributed by atoms with E-state index in [1.807, 2.05) is 0 Å². The van der Waals surface area contributed by atoms with Crippen LogP contribution in [0.15, 0.2) is 24.3 Å². The van der Waals surface area contributed by atoms with E-state index < -0.39 is 0 Å². The van der Waals surface area contributed by atoms with Gasteiger partial charge < -0.3 is 15.8 Å². The summed E-state index contributed by atoms with van der Waals surface area (Å²) in [5.74, 6) is 5.02. The Hall–Kier alpha value is -2.32. The Kier molecular flexibility index (Phi) is 6.87. The third-order valence-electron chi connectivity index (χ3n) is 2.38. The molecule has 0 bridgehead atoms. The summed E-state index contributed by atoms with van der Waals surface area (Å²) in [7, 11) is 0. The Morgan fingerprint density at radius 1 is 1.40 bits per heavy atom. The summed E-state index contributed by atoms with van der Waals surface area (Å²) in [5, 5.41) is 2.66. The van der Waals surface area contributed by atoms with Crippen molar-refractivity contribution in [1.82, 2.24) is 5.32 Å². The smallest absolute Gasteiger partial charge is 0.307 e. The minimum atomic E-state index is -0.324. The molecule has 1 rings (SSSR count). The number of carbonyl (C=O) groups is 2. The lowest BCUT2D eigenvalue weighted by molar-refractivity contribution is -0.142. The Labute approximate surface area is 118 Å². The van der Waals surface area contributed by atoms with Crippen LogP contribution in [-0.2, 0) is 9.53 Å². The summed E-state index contributed by atoms with van der Waals surface area (Å²) < 4.78 is 4.77. The van der Waals surface area contributed by atoms with Gasteiger partial charge in [-0.05, 0) is 25.1 Å². The van der Waals surface area contributed by atoms with E-state index in [0.29, 0.717) is 12.2 Å². The van der Waals surface area contributed by atoms with Gasteiger partial charge in [0.25, 0.3) is 5.91 Å². The molecular weight excluding hydrogens is 256 g/mol. The van der Waals surface area contributed by atoms with Gasteiger partial charge >= 0.3 is 5.97 Å². The zero-order chi connectivity index (χ0) is 14.8. The molecule has 3 N–H and O–H groups in total. The average Bonchev–Trinajstić information content (AvgIpc) is 2.45. The van der Waals surface area contributed by atoms with E-state index in [9.17, 15) is 9.59 Å². The molecule has 0 unspecified atom stereocenters. The third kappa shape index (κ3) is 5.55. The van der Waals surface area contributed by atoms with Gasteiger partial charge in [-0.15, -0.1) is 0 Å². The topological polar surface area (TPSA) is 81.4 Å². The van der Waals surface area contributed by atoms with Crippen LogP contribution in [0.3, 0.4) is 0 Å². The van der Waals surface area contributed by atoms with E-state index in [0.717, 1.165) is 5.56 Å². The number of benzene rings is 1. The van der Waals surface area contributed by atoms with E-state index >= 15 is 0 Å². The Balaban J connectivity index is 2.53. The van der Waals surface area contributed by atoms with E-state index in [4.69, 9.17) is 10.5 Å². The second-order valence-electron chi connectivity index (χ2n) is 3.90. The zero-order valence-electron chi connectivity index (χ0n) is 11.4. The van der Waals surface area contributed by atoms with Gasteiger partial charge in [0, 0.05) is 17.7 Å². The number of carbonyl (C=O) groups excluding carboxylic acids is 2. The molecule has 0 fully saturated rings. The average molecular weight is 274 g/mol. The van der Waals surface area contributed by atoms with Crippen LogP contribution in [0.4, 0.5) is 0 Å². The number of hydrogen-bond acceptors (Lipinski definition) is 4. The lowest BCUT2D eigenvalue weighted by Gasteiger charge is -2.05. The monoisotopic (exact) mass is 274 g/mol. The van der Waals surface area contributed by atoms with Crippen molar-refractivity contribution in [2.45, 2.75) is 13.3 Å². The summed E-state index contributed by atoms with van der Waals surface area (Å²) in [6.07, 6.45) is 0.159. The number of rotatable bonds is 5. The van der Waals surface area contributed by atoms with Crippen molar-refractivity contribution in [2.75, 3.05) is 19.7 Å². The van der Waals surface area contributed by atoms with Crippen LogP contribution in [0.2, 0.25) is 0 Å². The summed E-state index contributed by atoms with van der Waals surface area (Å²) in [6, 6.07) is 6.93. The van der Waals surface area contributed by atoms with Crippen LogP contribution in [0.1, 0.15) is 29.3 Å². The number of ether oxygens (including phenoxy) is 1. The van der Waals surface area contributed by atoms with Gasteiger partial charge in [-0.3, -0.25) is 9.59 Å². The molecule has 0 heterocycles. The van der Waals surface area contributed by atoms with E-state index in [-0.39, 0.29) is 31.4 Å². The largest absolute Gasteiger partial charge is 0.466 e. The van der Waals surface area contributed by atoms with Crippen LogP contribution < -0.4 is 11.1 Å². The highest BCUT2D eigenvalue weighted by molar-refractivity contribution is 5.94. The van der Waals surface area contributed by atoms with Crippen molar-refractivity contribution in [3.63, 3.8) is 0 Å². The van der Waals surface area contributed by atoms with Gasteiger partial charge in [0.05, 0.1) is 19.6 Å². The highest BCUT2D eigenvalue weighted by Gasteiger charge is 2.07. The highest BCUT2D eigenvalue weighted by atomic mass is 16.5. The van der Waals surface area contributed by atoms with Gasteiger partial charge in [0.15, 0.2) is 0 Å². The first-order valence-corrected chi connectivity index (χ1v) is 6.40. The van der Waals surface area contributed by atoms with Gasteiger partial charge in [0.1, 0.15) is 0 Å². The predicted molar refractivity (Wildman–Crippen MR) is 76.0 cm³/mol. The first-order valence-electron chi connectivity index (χ1n) is 6.40. The maximum Gasteiger partial charge on any atom is 0.307 e. The zero-order valence-corrected chi connectivity index (χ0v) is 11.4. The molecule has 1 aromatic carbocycles. The lowest BCUT2D eigenvalue weighted by atomic mass is 10.1. The summed E-state index contributed by atoms with van der Waals surface area (Å²) in [6.45, 7) is 2.60. The molecule has 0 aliphatic heterocycles. The van der Waals surface area contributed by atoms with Gasteiger partial charge in [-0.2, -0.15) is 0 Å². The quantitative estimate of drug-likeness (QED) is 0.611. The summed E-state index contributed by atoms with van der Waals surface area (Å²) in [4.78, 5) is 23.0. The van der Waals surface area contributed by atoms with Crippen molar-refractivity contribution in [1.29, 1.82) is 0 Å². The van der Waals surface area contributed by atoms with Crippen LogP contribution in [0.25, 0.3) is 0 Å². The van der Waals surface area contributed by atoms with Crippen molar-refractivity contribution < 1.29 is 14.3 Å². The number of nitrogens with one attached hydrogen (secondary N) is 1. The molecule has 0 saturated heterocycles. The molecule has 5 nitrogen and oxygen atoms in total. The highest BCUT2D eigenvalue weighted by Crippen LogP contribution is 2.04. The minimum absolute atomic E-state index is 0.159. The molecule has 0 aliphatic rings. The summed E-state index contributed by atoms with van der Waals surface area (Å²) >= 11 is 0. The SMILES string of the molecule is CCOC(=O)CCNC(=O)c1cccc(C#CCN)c1. The second kappa shape index (κ2) is 8.73. The molecule has 0 radical (unpaired) electrons. The van der Waals surface area contributed by atoms with Gasteiger partial charge in [-0.25, -0.2) is 0 Å². The molecule has 1 aromatic rings. The molecule has 5 heteroatoms. The fourth-order valence-corrected chi connectivity index (χ4v) is 1.50. The Morgan fingerprint density at radius 3 is 2.90 bits per heavy atom. The summed E-state index contributed by atoms with van der Waals surface area (Å²) in [5.41, 5.74) is 6.52. The molecule has 0 spiro atoms. The molecule has 0 aromatic heterocycles. The van der Waals surface area contributed by atoms with Crippen LogP contribution in [-0.4, -0.2) is 31.6 Å². The normalized spacial score (nSPS) is 9.30. The molecule has 0 atom stereocenters. The van der Waals surface area contributed by atoms with Crippen LogP contribution >= 0.6 is 0 Å². The third-order valence-corrected chi connectivity index (χ3v) is 2.38. The molecule has 1 amide bonds. The predicted octanol–water partition coefficient (Wildman–Crippen LogP) is 0.680. The first kappa shape index (κ1) is 15.7. The standard InChI is InChI=1S/C15H18N2O3/c1-2-20-14(18)8-10-17-15(19)13-7-3-5-12(11-13)6-4-9-16/h3,5,7,11H,2,8-10,16H2,1H3,(H,17,19). The molecule has 106 valence electrons. The lowest BCUT2D eigenvalue weighted by Crippen LogP contribution is -2.26. The number of esters is 1. The minimum Gasteiger partial charge on any atom is -0.466 e. The first-order chi connectivity index (χ1) is 9.67.